The molecule has 0 saturated carbocycles. The van der Waals surface area contributed by atoms with Crippen LogP contribution in [0.2, 0.25) is 0 Å². The van der Waals surface area contributed by atoms with Gasteiger partial charge in [-0.3, -0.25) is 14.3 Å². The van der Waals surface area contributed by atoms with E-state index in [-0.39, 0.29) is 24.5 Å². The molecule has 8 heteroatoms. The van der Waals surface area contributed by atoms with E-state index in [9.17, 15) is 9.59 Å². The molecule has 36 heavy (non-hydrogen) atoms. The molecule has 184 valence electrons. The largest absolute Gasteiger partial charge is 0.350 e. The second-order valence-electron chi connectivity index (χ2n) is 9.77. The topological polar surface area (TPSA) is 75.4 Å². The van der Waals surface area contributed by atoms with E-state index in [1.807, 2.05) is 73.9 Å². The number of benzene rings is 2. The van der Waals surface area contributed by atoms with E-state index in [4.69, 9.17) is 0 Å². The van der Waals surface area contributed by atoms with Crippen LogP contribution in [0.25, 0.3) is 10.9 Å². The molecule has 0 saturated heterocycles. The molecule has 4 aromatic rings. The number of hydrogen-bond donors (Lipinski definition) is 1. The fourth-order valence-corrected chi connectivity index (χ4v) is 5.94. The summed E-state index contributed by atoms with van der Waals surface area (Å²) in [5, 5.41) is 8.71. The van der Waals surface area contributed by atoms with Crippen LogP contribution < -0.4 is 10.2 Å². The van der Waals surface area contributed by atoms with Gasteiger partial charge in [0.15, 0.2) is 0 Å². The van der Waals surface area contributed by atoms with Crippen LogP contribution in [-0.4, -0.2) is 44.7 Å². The summed E-state index contributed by atoms with van der Waals surface area (Å²) in [4.78, 5) is 30.9. The van der Waals surface area contributed by atoms with Gasteiger partial charge in [0.25, 0.3) is 5.91 Å². The summed E-state index contributed by atoms with van der Waals surface area (Å²) in [6.45, 7) is 5.25. The van der Waals surface area contributed by atoms with Crippen LogP contribution in [0.4, 0.5) is 5.69 Å². The summed E-state index contributed by atoms with van der Waals surface area (Å²) in [5.41, 5.74) is 7.93. The van der Waals surface area contributed by atoms with Crippen molar-refractivity contribution in [3.05, 3.63) is 82.3 Å². The number of carbonyl (C=O) groups excluding carboxylic acids is 2. The Labute approximate surface area is 210 Å². The number of nitrogens with zero attached hydrogens (tertiary/aromatic N) is 5. The molecule has 2 aromatic carbocycles. The van der Waals surface area contributed by atoms with E-state index >= 15 is 0 Å². The molecule has 4 heterocycles. The number of para-hydroxylation sites is 2. The van der Waals surface area contributed by atoms with Gasteiger partial charge in [-0.1, -0.05) is 30.3 Å². The molecule has 0 unspecified atom stereocenters. The molecule has 0 radical (unpaired) electrons. The van der Waals surface area contributed by atoms with Gasteiger partial charge in [0.2, 0.25) is 5.91 Å². The van der Waals surface area contributed by atoms with Crippen molar-refractivity contribution in [1.82, 2.24) is 24.6 Å². The lowest BCUT2D eigenvalue weighted by Gasteiger charge is -2.46. The van der Waals surface area contributed by atoms with Crippen LogP contribution in [0.1, 0.15) is 44.7 Å². The van der Waals surface area contributed by atoms with E-state index in [1.165, 1.54) is 5.56 Å². The van der Waals surface area contributed by atoms with Gasteiger partial charge in [-0.05, 0) is 44.0 Å². The smallest absolute Gasteiger partial charge is 0.257 e. The van der Waals surface area contributed by atoms with Gasteiger partial charge in [0.1, 0.15) is 12.7 Å². The molecule has 2 aliphatic rings. The Morgan fingerprint density at radius 2 is 1.83 bits per heavy atom. The first-order valence-electron chi connectivity index (χ1n) is 12.4. The summed E-state index contributed by atoms with van der Waals surface area (Å²) in [7, 11) is 3.95. The minimum atomic E-state index is -0.265. The highest BCUT2D eigenvalue weighted by Gasteiger charge is 2.42. The number of anilines is 1. The van der Waals surface area contributed by atoms with Gasteiger partial charge < -0.3 is 19.7 Å². The van der Waals surface area contributed by atoms with Gasteiger partial charge in [-0.2, -0.15) is 5.10 Å². The second kappa shape index (κ2) is 8.26. The molecule has 1 N–H and O–H groups in total. The van der Waals surface area contributed by atoms with Crippen molar-refractivity contribution >= 4 is 28.4 Å². The standard InChI is InChI=1S/C28H30N6O2/c1-17-22(18(2)32(4)30-17)15-29-25(35)16-34-24-12-8-5-9-19(24)20-13-14-33-27(26(20)34)31(3)23-11-7-6-10-21(23)28(33)36/h5-12,27H,13-16H2,1-4H3,(H,29,35)/t27-/m1/s1. The Kier molecular flexibility index (Phi) is 5.14. The maximum absolute atomic E-state index is 13.5. The highest BCUT2D eigenvalue weighted by atomic mass is 16.2. The molecule has 6 rings (SSSR count). The fourth-order valence-electron chi connectivity index (χ4n) is 5.94. The van der Waals surface area contributed by atoms with E-state index in [0.29, 0.717) is 13.1 Å². The quantitative estimate of drug-likeness (QED) is 0.484. The Morgan fingerprint density at radius 1 is 1.08 bits per heavy atom. The second-order valence-corrected chi connectivity index (χ2v) is 9.77. The third-order valence-corrected chi connectivity index (χ3v) is 7.83. The number of nitrogens with one attached hydrogen (secondary N) is 1. The van der Waals surface area contributed by atoms with Crippen molar-refractivity contribution in [2.75, 3.05) is 18.5 Å². The third-order valence-electron chi connectivity index (χ3n) is 7.83. The molecule has 2 aliphatic heterocycles. The predicted octanol–water partition coefficient (Wildman–Crippen LogP) is 3.45. The number of fused-ring (bicyclic) bond motifs is 6. The van der Waals surface area contributed by atoms with Crippen molar-refractivity contribution in [1.29, 1.82) is 0 Å². The molecule has 2 amide bonds. The lowest BCUT2D eigenvalue weighted by Crippen LogP contribution is -2.51. The van der Waals surface area contributed by atoms with Gasteiger partial charge in [-0.25, -0.2) is 0 Å². The number of rotatable bonds is 4. The monoisotopic (exact) mass is 482 g/mol. The Balaban J connectivity index is 1.39. The molecule has 0 spiro atoms. The molecular formula is C28H30N6O2. The van der Waals surface area contributed by atoms with Gasteiger partial charge in [0.05, 0.1) is 22.6 Å². The number of hydrogen-bond acceptors (Lipinski definition) is 4. The van der Waals surface area contributed by atoms with Crippen molar-refractivity contribution in [3.63, 3.8) is 0 Å². The molecule has 2 aromatic heterocycles. The van der Waals surface area contributed by atoms with Crippen molar-refractivity contribution in [3.8, 4) is 0 Å². The minimum absolute atomic E-state index is 0.0446. The van der Waals surface area contributed by atoms with Crippen LogP contribution in [0.3, 0.4) is 0 Å². The maximum Gasteiger partial charge on any atom is 0.257 e. The lowest BCUT2D eigenvalue weighted by molar-refractivity contribution is -0.121. The Hall–Kier alpha value is -4.07. The van der Waals surface area contributed by atoms with E-state index < -0.39 is 0 Å². The zero-order chi connectivity index (χ0) is 25.1. The van der Waals surface area contributed by atoms with Crippen molar-refractivity contribution in [2.24, 2.45) is 7.05 Å². The van der Waals surface area contributed by atoms with Gasteiger partial charge in [-0.15, -0.1) is 0 Å². The normalized spacial score (nSPS) is 16.7. The molecular weight excluding hydrogens is 452 g/mol. The number of amides is 2. The summed E-state index contributed by atoms with van der Waals surface area (Å²) in [5.74, 6) is -0.0216. The minimum Gasteiger partial charge on any atom is -0.350 e. The SMILES string of the molecule is Cc1nn(C)c(C)c1CNC(=O)Cn1c2c(c3ccccc31)CCN1C(=O)c3ccccc3N(C)[C@@H]21. The molecule has 8 nitrogen and oxygen atoms in total. The highest BCUT2D eigenvalue weighted by Crippen LogP contribution is 2.44. The summed E-state index contributed by atoms with van der Waals surface area (Å²) in [6, 6.07) is 16.0. The first kappa shape index (κ1) is 22.4. The van der Waals surface area contributed by atoms with Crippen LogP contribution in [-0.2, 0) is 31.4 Å². The van der Waals surface area contributed by atoms with Crippen LogP contribution >= 0.6 is 0 Å². The van der Waals surface area contributed by atoms with Gasteiger partial charge in [0, 0.05) is 49.3 Å². The first-order valence-corrected chi connectivity index (χ1v) is 12.4. The molecule has 0 aliphatic carbocycles. The summed E-state index contributed by atoms with van der Waals surface area (Å²) >= 11 is 0. The van der Waals surface area contributed by atoms with E-state index in [1.54, 1.807) is 0 Å². The predicted molar refractivity (Wildman–Crippen MR) is 139 cm³/mol. The highest BCUT2D eigenvalue weighted by molar-refractivity contribution is 6.02. The van der Waals surface area contributed by atoms with Crippen LogP contribution in [0.15, 0.2) is 48.5 Å². The molecule has 0 fully saturated rings. The Morgan fingerprint density at radius 3 is 2.61 bits per heavy atom. The van der Waals surface area contributed by atoms with E-state index in [0.717, 1.165) is 51.2 Å². The lowest BCUT2D eigenvalue weighted by atomic mass is 9.96. The van der Waals surface area contributed by atoms with Crippen molar-refractivity contribution in [2.45, 2.75) is 39.5 Å². The summed E-state index contributed by atoms with van der Waals surface area (Å²) in [6.07, 6.45) is 0.496. The van der Waals surface area contributed by atoms with Crippen LogP contribution in [0.5, 0.6) is 0 Å². The zero-order valence-corrected chi connectivity index (χ0v) is 21.1. The maximum atomic E-state index is 13.5. The summed E-state index contributed by atoms with van der Waals surface area (Å²) < 4.78 is 3.95. The third kappa shape index (κ3) is 3.24. The fraction of sp³-hybridized carbons (Fsp3) is 0.321. The number of aromatic nitrogens is 3. The van der Waals surface area contributed by atoms with E-state index in [2.05, 4.69) is 32.0 Å². The molecule has 0 bridgehead atoms. The first-order chi connectivity index (χ1) is 17.4. The molecule has 1 atom stereocenters. The zero-order valence-electron chi connectivity index (χ0n) is 21.1. The van der Waals surface area contributed by atoms with Crippen LogP contribution in [0, 0.1) is 13.8 Å². The van der Waals surface area contributed by atoms with Crippen molar-refractivity contribution < 1.29 is 9.59 Å². The Bertz CT molecular complexity index is 1530. The number of aryl methyl sites for hydroxylation is 2. The average molecular weight is 483 g/mol. The van der Waals surface area contributed by atoms with Gasteiger partial charge >= 0.3 is 0 Å². The average Bonchev–Trinajstić information content (AvgIpc) is 3.33. The number of carbonyl (C=O) groups is 2.